The highest BCUT2D eigenvalue weighted by molar-refractivity contribution is 14.1. The normalized spacial score (nSPS) is 11.3. The number of furan rings is 1. The molecule has 0 N–H and O–H groups in total. The van der Waals surface area contributed by atoms with Crippen molar-refractivity contribution < 1.29 is 4.42 Å². The molecule has 0 saturated carbocycles. The van der Waals surface area contributed by atoms with Crippen LogP contribution in [0.2, 0.25) is 0 Å². The van der Waals surface area contributed by atoms with Crippen LogP contribution in [0.25, 0.3) is 44.3 Å². The Labute approximate surface area is 164 Å². The zero-order chi connectivity index (χ0) is 17.5. The SMILES string of the molecule is Ic1cnc2ccccc2c1-c1ccc(-c2cc3ccccc3o2)cc1. The third kappa shape index (κ3) is 2.59. The molecule has 0 atom stereocenters. The molecular formula is C23H14INO. The summed E-state index contributed by atoms with van der Waals surface area (Å²) in [7, 11) is 0. The van der Waals surface area contributed by atoms with E-state index in [-0.39, 0.29) is 0 Å². The van der Waals surface area contributed by atoms with Crippen LogP contribution in [0.3, 0.4) is 0 Å². The Morgan fingerprint density at radius 3 is 2.35 bits per heavy atom. The van der Waals surface area contributed by atoms with E-state index in [0.29, 0.717) is 0 Å². The molecule has 2 heterocycles. The van der Waals surface area contributed by atoms with Gasteiger partial charge in [0.25, 0.3) is 0 Å². The fraction of sp³-hybridized carbons (Fsp3) is 0. The first-order valence-electron chi connectivity index (χ1n) is 8.42. The molecule has 2 aromatic heterocycles. The van der Waals surface area contributed by atoms with E-state index in [0.717, 1.165) is 31.4 Å². The first kappa shape index (κ1) is 15.6. The van der Waals surface area contributed by atoms with Crippen molar-refractivity contribution in [2.45, 2.75) is 0 Å². The van der Waals surface area contributed by atoms with Crippen molar-refractivity contribution in [2.75, 3.05) is 0 Å². The number of aromatic nitrogens is 1. The summed E-state index contributed by atoms with van der Waals surface area (Å²) in [4.78, 5) is 4.53. The number of hydrogen-bond acceptors (Lipinski definition) is 2. The predicted molar refractivity (Wildman–Crippen MR) is 115 cm³/mol. The molecule has 0 radical (unpaired) electrons. The van der Waals surface area contributed by atoms with Crippen molar-refractivity contribution in [1.29, 1.82) is 0 Å². The molecule has 3 heteroatoms. The van der Waals surface area contributed by atoms with Crippen LogP contribution in [0, 0.1) is 3.57 Å². The molecular weight excluding hydrogens is 433 g/mol. The van der Waals surface area contributed by atoms with Crippen molar-refractivity contribution >= 4 is 44.5 Å². The summed E-state index contributed by atoms with van der Waals surface area (Å²) in [5.41, 5.74) is 5.43. The average Bonchev–Trinajstić information content (AvgIpc) is 3.12. The minimum atomic E-state index is 0.895. The lowest BCUT2D eigenvalue weighted by atomic mass is 10.00. The summed E-state index contributed by atoms with van der Waals surface area (Å²) in [6.45, 7) is 0. The molecule has 5 rings (SSSR count). The van der Waals surface area contributed by atoms with Gasteiger partial charge in [-0.3, -0.25) is 4.98 Å². The minimum absolute atomic E-state index is 0.895. The molecule has 3 aromatic carbocycles. The summed E-state index contributed by atoms with van der Waals surface area (Å²) in [5, 5.41) is 2.30. The number of nitrogens with zero attached hydrogens (tertiary/aromatic N) is 1. The molecule has 0 saturated heterocycles. The van der Waals surface area contributed by atoms with Gasteiger partial charge in [-0.05, 0) is 46.4 Å². The van der Waals surface area contributed by atoms with E-state index in [1.54, 1.807) is 0 Å². The Hall–Kier alpha value is -2.66. The van der Waals surface area contributed by atoms with Gasteiger partial charge in [-0.25, -0.2) is 0 Å². The van der Waals surface area contributed by atoms with Crippen molar-refractivity contribution in [3.05, 3.63) is 88.6 Å². The van der Waals surface area contributed by atoms with Crippen molar-refractivity contribution in [1.82, 2.24) is 4.98 Å². The minimum Gasteiger partial charge on any atom is -0.456 e. The van der Waals surface area contributed by atoms with Gasteiger partial charge in [0.1, 0.15) is 11.3 Å². The van der Waals surface area contributed by atoms with Crippen LogP contribution < -0.4 is 0 Å². The van der Waals surface area contributed by atoms with Gasteiger partial charge in [0.15, 0.2) is 0 Å². The Morgan fingerprint density at radius 2 is 1.50 bits per heavy atom. The highest BCUT2D eigenvalue weighted by atomic mass is 127. The summed E-state index contributed by atoms with van der Waals surface area (Å²) in [5.74, 6) is 0.895. The van der Waals surface area contributed by atoms with Gasteiger partial charge in [0, 0.05) is 31.7 Å². The second-order valence-electron chi connectivity index (χ2n) is 6.22. The van der Waals surface area contributed by atoms with Crippen LogP contribution in [0.1, 0.15) is 0 Å². The van der Waals surface area contributed by atoms with E-state index in [1.807, 2.05) is 30.5 Å². The second kappa shape index (κ2) is 6.25. The number of hydrogen-bond donors (Lipinski definition) is 0. The Morgan fingerprint density at radius 1 is 0.769 bits per heavy atom. The third-order valence-electron chi connectivity index (χ3n) is 4.61. The zero-order valence-corrected chi connectivity index (χ0v) is 16.0. The monoisotopic (exact) mass is 447 g/mol. The Kier molecular flexibility index (Phi) is 3.75. The number of rotatable bonds is 2. The summed E-state index contributed by atoms with van der Waals surface area (Å²) in [6.07, 6.45) is 1.94. The zero-order valence-electron chi connectivity index (χ0n) is 13.8. The van der Waals surface area contributed by atoms with E-state index < -0.39 is 0 Å². The molecule has 124 valence electrons. The smallest absolute Gasteiger partial charge is 0.135 e. The van der Waals surface area contributed by atoms with Gasteiger partial charge in [-0.15, -0.1) is 0 Å². The lowest BCUT2D eigenvalue weighted by molar-refractivity contribution is 0.631. The number of fused-ring (bicyclic) bond motifs is 2. The van der Waals surface area contributed by atoms with Crippen LogP contribution in [0.5, 0.6) is 0 Å². The van der Waals surface area contributed by atoms with Crippen LogP contribution >= 0.6 is 22.6 Å². The van der Waals surface area contributed by atoms with Crippen LogP contribution in [0.4, 0.5) is 0 Å². The third-order valence-corrected chi connectivity index (χ3v) is 5.43. The van der Waals surface area contributed by atoms with Crippen LogP contribution in [0.15, 0.2) is 89.5 Å². The molecule has 0 spiro atoms. The van der Waals surface area contributed by atoms with Crippen molar-refractivity contribution in [2.24, 2.45) is 0 Å². The number of pyridine rings is 1. The number of benzene rings is 3. The molecule has 0 unspecified atom stereocenters. The molecule has 0 fully saturated rings. The Balaban J connectivity index is 1.61. The van der Waals surface area contributed by atoms with Crippen molar-refractivity contribution in [3.8, 4) is 22.5 Å². The maximum absolute atomic E-state index is 5.98. The molecule has 0 aliphatic rings. The summed E-state index contributed by atoms with van der Waals surface area (Å²) in [6, 6.07) is 27.0. The van der Waals surface area contributed by atoms with Crippen LogP contribution in [-0.2, 0) is 0 Å². The first-order chi connectivity index (χ1) is 12.8. The average molecular weight is 447 g/mol. The van der Waals surface area contributed by atoms with Gasteiger partial charge in [0.05, 0.1) is 5.52 Å². The molecule has 5 aromatic rings. The standard InChI is InChI=1S/C23H14INO/c24-19-14-25-20-7-3-2-6-18(20)23(19)16-11-9-15(10-12-16)22-13-17-5-1-4-8-21(17)26-22/h1-14H. The second-order valence-corrected chi connectivity index (χ2v) is 7.39. The molecule has 0 aliphatic heterocycles. The lowest BCUT2D eigenvalue weighted by Gasteiger charge is -2.09. The van der Waals surface area contributed by atoms with E-state index >= 15 is 0 Å². The summed E-state index contributed by atoms with van der Waals surface area (Å²) >= 11 is 2.36. The van der Waals surface area contributed by atoms with Gasteiger partial charge >= 0.3 is 0 Å². The fourth-order valence-electron chi connectivity index (χ4n) is 3.34. The number of halogens is 1. The highest BCUT2D eigenvalue weighted by Crippen LogP contribution is 2.34. The van der Waals surface area contributed by atoms with Gasteiger partial charge in [-0.2, -0.15) is 0 Å². The maximum Gasteiger partial charge on any atom is 0.135 e. The highest BCUT2D eigenvalue weighted by Gasteiger charge is 2.11. The first-order valence-corrected chi connectivity index (χ1v) is 9.50. The maximum atomic E-state index is 5.98. The van der Waals surface area contributed by atoms with Crippen molar-refractivity contribution in [3.63, 3.8) is 0 Å². The summed E-state index contributed by atoms with van der Waals surface area (Å²) < 4.78 is 7.13. The molecule has 0 aliphatic carbocycles. The van der Waals surface area contributed by atoms with E-state index in [1.165, 1.54) is 16.5 Å². The lowest BCUT2D eigenvalue weighted by Crippen LogP contribution is -1.89. The largest absolute Gasteiger partial charge is 0.456 e. The van der Waals surface area contributed by atoms with Gasteiger partial charge in [0.2, 0.25) is 0 Å². The molecule has 0 amide bonds. The van der Waals surface area contributed by atoms with Crippen LogP contribution in [-0.4, -0.2) is 4.98 Å². The fourth-order valence-corrected chi connectivity index (χ4v) is 4.08. The quantitative estimate of drug-likeness (QED) is 0.275. The Bertz CT molecular complexity index is 1210. The van der Waals surface area contributed by atoms with E-state index in [9.17, 15) is 0 Å². The van der Waals surface area contributed by atoms with E-state index in [4.69, 9.17) is 4.42 Å². The van der Waals surface area contributed by atoms with Gasteiger partial charge in [-0.1, -0.05) is 60.7 Å². The predicted octanol–water partition coefficient (Wildman–Crippen LogP) is 6.92. The molecule has 0 bridgehead atoms. The molecule has 2 nitrogen and oxygen atoms in total. The van der Waals surface area contributed by atoms with E-state index in [2.05, 4.69) is 82.2 Å². The molecule has 26 heavy (non-hydrogen) atoms. The van der Waals surface area contributed by atoms with Gasteiger partial charge < -0.3 is 4.42 Å². The number of para-hydroxylation sites is 2. The topological polar surface area (TPSA) is 26.0 Å².